The topological polar surface area (TPSA) is 29.3 Å². The van der Waals surface area contributed by atoms with Crippen molar-refractivity contribution in [1.29, 1.82) is 0 Å². The first kappa shape index (κ1) is 12.6. The highest BCUT2D eigenvalue weighted by Crippen LogP contribution is 2.24. The fraction of sp³-hybridized carbons (Fsp3) is 0.600. The van der Waals surface area contributed by atoms with E-state index in [0.29, 0.717) is 0 Å². The van der Waals surface area contributed by atoms with Crippen LogP contribution in [0.1, 0.15) is 36.8 Å². The molecule has 0 bridgehead atoms. The van der Waals surface area contributed by atoms with Gasteiger partial charge in [-0.1, -0.05) is 42.7 Å². The van der Waals surface area contributed by atoms with Gasteiger partial charge in [-0.15, -0.1) is 0 Å². The molecule has 1 fully saturated rings. The van der Waals surface area contributed by atoms with E-state index in [0.717, 1.165) is 25.7 Å². The van der Waals surface area contributed by atoms with Crippen molar-refractivity contribution in [2.75, 3.05) is 13.1 Å². The lowest BCUT2D eigenvalue weighted by Crippen LogP contribution is -2.36. The first-order valence-electron chi connectivity index (χ1n) is 6.79. The fourth-order valence-corrected chi connectivity index (χ4v) is 2.75. The summed E-state index contributed by atoms with van der Waals surface area (Å²) in [6, 6.07) is 9.65. The minimum atomic E-state index is 0.764. The molecule has 1 saturated carbocycles. The van der Waals surface area contributed by atoms with Gasteiger partial charge in [-0.2, -0.15) is 0 Å². The van der Waals surface area contributed by atoms with Crippen LogP contribution in [0.2, 0.25) is 0 Å². The van der Waals surface area contributed by atoms with Crippen molar-refractivity contribution >= 4 is 0 Å². The van der Waals surface area contributed by atoms with Gasteiger partial charge in [0, 0.05) is 25.7 Å². The molecule has 2 heteroatoms. The van der Waals surface area contributed by atoms with Crippen molar-refractivity contribution in [3.63, 3.8) is 0 Å². The lowest BCUT2D eigenvalue weighted by Gasteiger charge is -2.28. The highest BCUT2D eigenvalue weighted by molar-refractivity contribution is 5.21. The van der Waals surface area contributed by atoms with Gasteiger partial charge in [0.2, 0.25) is 0 Å². The zero-order valence-electron chi connectivity index (χ0n) is 10.9. The van der Waals surface area contributed by atoms with Crippen LogP contribution in [-0.4, -0.2) is 24.0 Å². The van der Waals surface area contributed by atoms with Gasteiger partial charge < -0.3 is 5.73 Å². The first-order valence-corrected chi connectivity index (χ1v) is 6.79. The Hall–Kier alpha value is -0.860. The molecule has 0 aliphatic heterocycles. The number of hydrogen-bond donors (Lipinski definition) is 1. The van der Waals surface area contributed by atoms with E-state index >= 15 is 0 Å². The van der Waals surface area contributed by atoms with Crippen molar-refractivity contribution < 1.29 is 0 Å². The summed E-state index contributed by atoms with van der Waals surface area (Å²) in [7, 11) is 0. The Balaban J connectivity index is 1.98. The number of benzene rings is 1. The summed E-state index contributed by atoms with van der Waals surface area (Å²) in [5.41, 5.74) is 8.48. The Morgan fingerprint density at radius 1 is 1.18 bits per heavy atom. The number of nitrogens with zero attached hydrogens (tertiary/aromatic N) is 1. The molecule has 2 rings (SSSR count). The molecule has 0 amide bonds. The van der Waals surface area contributed by atoms with Gasteiger partial charge in [0.1, 0.15) is 0 Å². The predicted molar refractivity (Wildman–Crippen MR) is 72.9 cm³/mol. The second-order valence-electron chi connectivity index (χ2n) is 5.18. The summed E-state index contributed by atoms with van der Waals surface area (Å²) in [5, 5.41) is 0. The van der Waals surface area contributed by atoms with Crippen LogP contribution >= 0.6 is 0 Å². The molecule has 0 atom stereocenters. The molecule has 1 aromatic rings. The third kappa shape index (κ3) is 3.55. The Morgan fingerprint density at radius 2 is 1.82 bits per heavy atom. The average Bonchev–Trinajstić information content (AvgIpc) is 2.85. The zero-order chi connectivity index (χ0) is 12.1. The van der Waals surface area contributed by atoms with Gasteiger partial charge >= 0.3 is 0 Å². The maximum atomic E-state index is 5.73. The second kappa shape index (κ2) is 6.18. The normalized spacial score (nSPS) is 16.9. The third-order valence-electron chi connectivity index (χ3n) is 3.76. The summed E-state index contributed by atoms with van der Waals surface area (Å²) in [6.45, 7) is 4.99. The van der Waals surface area contributed by atoms with Gasteiger partial charge in [0.15, 0.2) is 0 Å². The molecule has 0 heterocycles. The monoisotopic (exact) mass is 232 g/mol. The quantitative estimate of drug-likeness (QED) is 0.845. The summed E-state index contributed by atoms with van der Waals surface area (Å²) in [4.78, 5) is 2.57. The molecular formula is C15H24N2. The second-order valence-corrected chi connectivity index (χ2v) is 5.18. The van der Waals surface area contributed by atoms with E-state index in [-0.39, 0.29) is 0 Å². The SMILES string of the molecule is Cc1ccc(CN(CCN)C2CCCC2)cc1. The molecule has 0 radical (unpaired) electrons. The maximum Gasteiger partial charge on any atom is 0.0237 e. The molecule has 94 valence electrons. The number of aryl methyl sites for hydroxylation is 1. The van der Waals surface area contributed by atoms with Crippen LogP contribution in [0, 0.1) is 6.92 Å². The molecule has 2 nitrogen and oxygen atoms in total. The number of rotatable bonds is 5. The molecule has 0 saturated heterocycles. The molecule has 2 N–H and O–H groups in total. The van der Waals surface area contributed by atoms with Crippen LogP contribution < -0.4 is 5.73 Å². The molecule has 17 heavy (non-hydrogen) atoms. The Morgan fingerprint density at radius 3 is 2.41 bits per heavy atom. The van der Waals surface area contributed by atoms with Crippen LogP contribution in [0.15, 0.2) is 24.3 Å². The maximum absolute atomic E-state index is 5.73. The lowest BCUT2D eigenvalue weighted by atomic mass is 10.1. The zero-order valence-corrected chi connectivity index (χ0v) is 10.9. The van der Waals surface area contributed by atoms with Crippen molar-refractivity contribution in [3.8, 4) is 0 Å². The van der Waals surface area contributed by atoms with Crippen molar-refractivity contribution in [2.24, 2.45) is 5.73 Å². The lowest BCUT2D eigenvalue weighted by molar-refractivity contribution is 0.195. The molecule has 1 aromatic carbocycles. The summed E-state index contributed by atoms with van der Waals surface area (Å²) >= 11 is 0. The van der Waals surface area contributed by atoms with E-state index in [4.69, 9.17) is 5.73 Å². The fourth-order valence-electron chi connectivity index (χ4n) is 2.75. The predicted octanol–water partition coefficient (Wildman–Crippen LogP) is 2.70. The largest absolute Gasteiger partial charge is 0.329 e. The van der Waals surface area contributed by atoms with Gasteiger partial charge in [0.25, 0.3) is 0 Å². The van der Waals surface area contributed by atoms with E-state index in [1.807, 2.05) is 0 Å². The molecular weight excluding hydrogens is 208 g/mol. The van der Waals surface area contributed by atoms with E-state index in [9.17, 15) is 0 Å². The van der Waals surface area contributed by atoms with Crippen molar-refractivity contribution in [1.82, 2.24) is 4.90 Å². The van der Waals surface area contributed by atoms with E-state index in [1.54, 1.807) is 0 Å². The standard InChI is InChI=1S/C15H24N2/c1-13-6-8-14(9-7-13)12-17(11-10-16)15-4-2-3-5-15/h6-9,15H,2-5,10-12,16H2,1H3. The van der Waals surface area contributed by atoms with Gasteiger partial charge in [-0.25, -0.2) is 0 Å². The molecule has 0 unspecified atom stereocenters. The van der Waals surface area contributed by atoms with Gasteiger partial charge in [-0.05, 0) is 25.3 Å². The molecule has 0 spiro atoms. The number of hydrogen-bond acceptors (Lipinski definition) is 2. The molecule has 1 aliphatic carbocycles. The Labute approximate surface area is 105 Å². The van der Waals surface area contributed by atoms with Crippen LogP contribution in [0.3, 0.4) is 0 Å². The van der Waals surface area contributed by atoms with Crippen LogP contribution in [0.5, 0.6) is 0 Å². The highest BCUT2D eigenvalue weighted by Gasteiger charge is 2.21. The Kier molecular flexibility index (Phi) is 4.57. The van der Waals surface area contributed by atoms with E-state index in [1.165, 1.54) is 36.8 Å². The van der Waals surface area contributed by atoms with Crippen LogP contribution in [0.25, 0.3) is 0 Å². The Bertz CT molecular complexity index is 325. The van der Waals surface area contributed by atoms with E-state index < -0.39 is 0 Å². The van der Waals surface area contributed by atoms with Crippen molar-refractivity contribution in [2.45, 2.75) is 45.2 Å². The summed E-state index contributed by atoms with van der Waals surface area (Å²) in [6.07, 6.45) is 5.48. The van der Waals surface area contributed by atoms with E-state index in [2.05, 4.69) is 36.1 Å². The summed E-state index contributed by atoms with van der Waals surface area (Å²) < 4.78 is 0. The first-order chi connectivity index (χ1) is 8.29. The molecule has 0 aromatic heterocycles. The van der Waals surface area contributed by atoms with Gasteiger partial charge in [-0.3, -0.25) is 4.90 Å². The smallest absolute Gasteiger partial charge is 0.0237 e. The minimum Gasteiger partial charge on any atom is -0.329 e. The number of nitrogens with two attached hydrogens (primary N) is 1. The van der Waals surface area contributed by atoms with Crippen LogP contribution in [0.4, 0.5) is 0 Å². The summed E-state index contributed by atoms with van der Waals surface area (Å²) in [5.74, 6) is 0. The molecule has 1 aliphatic rings. The average molecular weight is 232 g/mol. The third-order valence-corrected chi connectivity index (χ3v) is 3.76. The van der Waals surface area contributed by atoms with Crippen LogP contribution in [-0.2, 0) is 6.54 Å². The highest BCUT2D eigenvalue weighted by atomic mass is 15.2. The minimum absolute atomic E-state index is 0.764. The van der Waals surface area contributed by atoms with Crippen molar-refractivity contribution in [3.05, 3.63) is 35.4 Å². The van der Waals surface area contributed by atoms with Gasteiger partial charge in [0.05, 0.1) is 0 Å².